The van der Waals surface area contributed by atoms with E-state index in [1.54, 1.807) is 17.5 Å². The number of hydrogen-bond donors (Lipinski definition) is 0. The Morgan fingerprint density at radius 3 is 2.96 bits per heavy atom. The molecule has 4 aromatic rings. The average Bonchev–Trinajstić information content (AvgIpc) is 3.45. The number of benzene rings is 1. The topological polar surface area (TPSA) is 65.0 Å². The highest BCUT2D eigenvalue weighted by Gasteiger charge is 2.21. The predicted molar refractivity (Wildman–Crippen MR) is 110 cm³/mol. The van der Waals surface area contributed by atoms with Crippen molar-refractivity contribution in [3.05, 3.63) is 58.9 Å². The van der Waals surface area contributed by atoms with E-state index in [2.05, 4.69) is 28.2 Å². The molecule has 0 N–H and O–H groups in total. The quantitative estimate of drug-likeness (QED) is 0.384. The lowest BCUT2D eigenvalue weighted by atomic mass is 9.90. The Kier molecular flexibility index (Phi) is 4.78. The molecular formula is C21H19N3O2S2. The van der Waals surface area contributed by atoms with Crippen LogP contribution in [0.5, 0.6) is 0 Å². The third-order valence-electron chi connectivity index (χ3n) is 4.88. The van der Waals surface area contributed by atoms with Gasteiger partial charge in [0.2, 0.25) is 5.89 Å². The predicted octanol–water partition coefficient (Wildman–Crippen LogP) is 5.87. The third kappa shape index (κ3) is 3.64. The van der Waals surface area contributed by atoms with Crippen molar-refractivity contribution in [2.24, 2.45) is 5.92 Å². The molecule has 28 heavy (non-hydrogen) atoms. The molecule has 7 heteroatoms. The van der Waals surface area contributed by atoms with Gasteiger partial charge in [0.1, 0.15) is 0 Å². The van der Waals surface area contributed by atoms with Crippen molar-refractivity contribution in [3.8, 4) is 22.1 Å². The van der Waals surface area contributed by atoms with E-state index < -0.39 is 0 Å². The minimum atomic E-state index is 0.536. The van der Waals surface area contributed by atoms with Crippen LogP contribution in [0.25, 0.3) is 22.1 Å². The summed E-state index contributed by atoms with van der Waals surface area (Å²) in [6.45, 7) is 2.31. The first kappa shape index (κ1) is 17.7. The molecule has 3 aromatic heterocycles. The van der Waals surface area contributed by atoms with Crippen LogP contribution in [0.15, 0.2) is 56.7 Å². The van der Waals surface area contributed by atoms with Crippen molar-refractivity contribution >= 4 is 23.1 Å². The molecule has 1 atom stereocenters. The summed E-state index contributed by atoms with van der Waals surface area (Å²) in [5.74, 6) is 3.31. The fourth-order valence-electron chi connectivity index (χ4n) is 3.42. The van der Waals surface area contributed by atoms with Gasteiger partial charge in [-0.05, 0) is 36.8 Å². The molecule has 1 aliphatic carbocycles. The molecule has 0 aliphatic heterocycles. The lowest BCUT2D eigenvalue weighted by Gasteiger charge is -2.16. The maximum Gasteiger partial charge on any atom is 0.277 e. The molecule has 0 fully saturated rings. The van der Waals surface area contributed by atoms with Crippen LogP contribution in [0.4, 0.5) is 0 Å². The summed E-state index contributed by atoms with van der Waals surface area (Å²) in [5, 5.41) is 8.95. The van der Waals surface area contributed by atoms with Crippen LogP contribution in [-0.2, 0) is 18.6 Å². The summed E-state index contributed by atoms with van der Waals surface area (Å²) < 4.78 is 11.7. The van der Waals surface area contributed by atoms with Crippen LogP contribution in [-0.4, -0.2) is 15.2 Å². The Bertz CT molecular complexity index is 1080. The minimum Gasteiger partial charge on any atom is -0.440 e. The fourth-order valence-corrected chi connectivity index (χ4v) is 5.16. The van der Waals surface area contributed by atoms with Gasteiger partial charge in [0.05, 0.1) is 16.8 Å². The molecule has 0 bridgehead atoms. The molecule has 0 radical (unpaired) electrons. The SMILES string of the molecule is C[C@H]1CCc2sc(-c3nnc(SCc4ncc(-c5ccccc5)o4)o3)cc2C1. The lowest BCUT2D eigenvalue weighted by Crippen LogP contribution is -2.07. The van der Waals surface area contributed by atoms with Gasteiger partial charge < -0.3 is 8.83 Å². The fraction of sp³-hybridized carbons (Fsp3) is 0.286. The van der Waals surface area contributed by atoms with E-state index in [1.807, 2.05) is 30.3 Å². The summed E-state index contributed by atoms with van der Waals surface area (Å²) in [5.41, 5.74) is 2.46. The van der Waals surface area contributed by atoms with Crippen molar-refractivity contribution < 1.29 is 8.83 Å². The highest BCUT2D eigenvalue weighted by molar-refractivity contribution is 7.98. The zero-order valence-corrected chi connectivity index (χ0v) is 17.1. The number of aromatic nitrogens is 3. The molecule has 0 amide bonds. The maximum atomic E-state index is 5.87. The first-order valence-corrected chi connectivity index (χ1v) is 11.1. The van der Waals surface area contributed by atoms with E-state index in [-0.39, 0.29) is 0 Å². The van der Waals surface area contributed by atoms with Gasteiger partial charge in [-0.1, -0.05) is 49.0 Å². The lowest BCUT2D eigenvalue weighted by molar-refractivity contribution is 0.465. The Hall–Kier alpha value is -2.38. The number of hydrogen-bond acceptors (Lipinski definition) is 7. The summed E-state index contributed by atoms with van der Waals surface area (Å²) in [6, 6.07) is 12.2. The number of thioether (sulfide) groups is 1. The molecule has 0 spiro atoms. The minimum absolute atomic E-state index is 0.536. The van der Waals surface area contributed by atoms with Gasteiger partial charge in [0, 0.05) is 10.4 Å². The van der Waals surface area contributed by atoms with Crippen LogP contribution >= 0.6 is 23.1 Å². The first-order chi connectivity index (χ1) is 13.7. The van der Waals surface area contributed by atoms with Crippen molar-refractivity contribution in [2.75, 3.05) is 0 Å². The summed E-state index contributed by atoms with van der Waals surface area (Å²) in [7, 11) is 0. The van der Waals surface area contributed by atoms with Crippen LogP contribution in [0.2, 0.25) is 0 Å². The smallest absolute Gasteiger partial charge is 0.277 e. The normalized spacial score (nSPS) is 16.2. The van der Waals surface area contributed by atoms with Gasteiger partial charge in [-0.3, -0.25) is 0 Å². The van der Waals surface area contributed by atoms with Gasteiger partial charge in [-0.2, -0.15) is 0 Å². The zero-order chi connectivity index (χ0) is 18.9. The van der Waals surface area contributed by atoms with Crippen molar-refractivity contribution in [1.29, 1.82) is 0 Å². The van der Waals surface area contributed by atoms with E-state index in [4.69, 9.17) is 8.83 Å². The monoisotopic (exact) mass is 409 g/mol. The standard InChI is InChI=1S/C21H19N3O2S2/c1-13-7-8-17-15(9-13)10-18(28-17)20-23-24-21(26-20)27-12-19-22-11-16(25-19)14-5-3-2-4-6-14/h2-6,10-11,13H,7-9,12H2,1H3/t13-/m0/s1. The summed E-state index contributed by atoms with van der Waals surface area (Å²) in [4.78, 5) is 6.89. The van der Waals surface area contributed by atoms with Crippen LogP contribution < -0.4 is 0 Å². The van der Waals surface area contributed by atoms with E-state index >= 15 is 0 Å². The number of oxazole rings is 1. The van der Waals surface area contributed by atoms with Gasteiger partial charge >= 0.3 is 0 Å². The largest absolute Gasteiger partial charge is 0.440 e. The second-order valence-electron chi connectivity index (χ2n) is 7.05. The van der Waals surface area contributed by atoms with E-state index in [1.165, 1.54) is 28.6 Å². The van der Waals surface area contributed by atoms with Crippen LogP contribution in [0, 0.1) is 5.92 Å². The first-order valence-electron chi connectivity index (χ1n) is 9.33. The second kappa shape index (κ2) is 7.56. The molecular weight excluding hydrogens is 390 g/mol. The summed E-state index contributed by atoms with van der Waals surface area (Å²) in [6.07, 6.45) is 5.32. The number of thiophene rings is 1. The zero-order valence-electron chi connectivity index (χ0n) is 15.4. The molecule has 3 heterocycles. The van der Waals surface area contributed by atoms with Gasteiger partial charge in [-0.15, -0.1) is 21.5 Å². The average molecular weight is 410 g/mol. The Labute approximate surface area is 171 Å². The number of nitrogens with zero attached hydrogens (tertiary/aromatic N) is 3. The van der Waals surface area contributed by atoms with E-state index in [0.29, 0.717) is 22.8 Å². The molecule has 5 rings (SSSR count). The molecule has 142 valence electrons. The third-order valence-corrected chi connectivity index (χ3v) is 6.91. The molecule has 0 saturated heterocycles. The number of rotatable bonds is 5. The van der Waals surface area contributed by atoms with Crippen LogP contribution in [0.3, 0.4) is 0 Å². The highest BCUT2D eigenvalue weighted by Crippen LogP contribution is 2.37. The number of fused-ring (bicyclic) bond motifs is 1. The Morgan fingerprint density at radius 1 is 1.18 bits per heavy atom. The maximum absolute atomic E-state index is 5.87. The molecule has 0 saturated carbocycles. The van der Waals surface area contributed by atoms with Crippen molar-refractivity contribution in [1.82, 2.24) is 15.2 Å². The summed E-state index contributed by atoms with van der Waals surface area (Å²) >= 11 is 3.22. The van der Waals surface area contributed by atoms with Crippen molar-refractivity contribution in [3.63, 3.8) is 0 Å². The van der Waals surface area contributed by atoms with Gasteiger partial charge in [0.25, 0.3) is 11.1 Å². The van der Waals surface area contributed by atoms with E-state index in [0.717, 1.165) is 35.0 Å². The number of aryl methyl sites for hydroxylation is 1. The second-order valence-corrected chi connectivity index (χ2v) is 9.12. The van der Waals surface area contributed by atoms with Gasteiger partial charge in [-0.25, -0.2) is 4.98 Å². The molecule has 1 aliphatic rings. The van der Waals surface area contributed by atoms with E-state index in [9.17, 15) is 0 Å². The molecule has 5 nitrogen and oxygen atoms in total. The molecule has 1 aromatic carbocycles. The van der Waals surface area contributed by atoms with Gasteiger partial charge in [0.15, 0.2) is 5.76 Å². The van der Waals surface area contributed by atoms with Crippen LogP contribution in [0.1, 0.15) is 29.7 Å². The molecule has 0 unspecified atom stereocenters. The Morgan fingerprint density at radius 2 is 2.07 bits per heavy atom. The van der Waals surface area contributed by atoms with Crippen molar-refractivity contribution in [2.45, 2.75) is 37.2 Å². The highest BCUT2D eigenvalue weighted by atomic mass is 32.2. The Balaban J connectivity index is 1.26.